The van der Waals surface area contributed by atoms with E-state index in [1.807, 2.05) is 14.0 Å². The van der Waals surface area contributed by atoms with Gasteiger partial charge in [0.15, 0.2) is 0 Å². The lowest BCUT2D eigenvalue weighted by Gasteiger charge is -2.37. The fourth-order valence-electron chi connectivity index (χ4n) is 3.03. The Morgan fingerprint density at radius 3 is 2.44 bits per heavy atom. The summed E-state index contributed by atoms with van der Waals surface area (Å²) >= 11 is 0. The maximum atomic E-state index is 13.0. The van der Waals surface area contributed by atoms with E-state index >= 15 is 0 Å². The highest BCUT2D eigenvalue weighted by Crippen LogP contribution is 2.27. The molecule has 1 aliphatic rings. The van der Waals surface area contributed by atoms with E-state index < -0.39 is 16.1 Å². The van der Waals surface area contributed by atoms with E-state index in [2.05, 4.69) is 4.90 Å². The molecule has 1 aromatic carbocycles. The molecule has 0 spiro atoms. The van der Waals surface area contributed by atoms with Crippen LogP contribution in [0.4, 0.5) is 5.69 Å². The van der Waals surface area contributed by atoms with Crippen molar-refractivity contribution in [2.24, 2.45) is 0 Å². The van der Waals surface area contributed by atoms with E-state index in [-0.39, 0.29) is 5.91 Å². The van der Waals surface area contributed by atoms with Crippen molar-refractivity contribution in [3.63, 3.8) is 0 Å². The first-order chi connectivity index (χ1) is 11.8. The number of hydrogen-bond acceptors (Lipinski definition) is 5. The van der Waals surface area contributed by atoms with Crippen LogP contribution in [0, 0.1) is 0 Å². The van der Waals surface area contributed by atoms with Crippen molar-refractivity contribution in [1.29, 1.82) is 0 Å². The van der Waals surface area contributed by atoms with Crippen molar-refractivity contribution < 1.29 is 17.9 Å². The smallest absolute Gasteiger partial charge is 0.246 e. The molecule has 1 aromatic rings. The third-order valence-electron chi connectivity index (χ3n) is 4.43. The molecule has 0 unspecified atom stereocenters. The van der Waals surface area contributed by atoms with Gasteiger partial charge >= 0.3 is 0 Å². The highest BCUT2D eigenvalue weighted by molar-refractivity contribution is 7.92. The van der Waals surface area contributed by atoms with Crippen LogP contribution in [0.15, 0.2) is 24.3 Å². The van der Waals surface area contributed by atoms with Crippen molar-refractivity contribution in [3.8, 4) is 5.75 Å². The van der Waals surface area contributed by atoms with E-state index in [4.69, 9.17) is 4.74 Å². The average Bonchev–Trinajstić information content (AvgIpc) is 2.58. The van der Waals surface area contributed by atoms with Gasteiger partial charge < -0.3 is 14.5 Å². The number of carbonyl (C=O) groups excluding carboxylic acids is 1. The first-order valence-electron chi connectivity index (χ1n) is 8.38. The Morgan fingerprint density at radius 1 is 1.28 bits per heavy atom. The zero-order valence-electron chi connectivity index (χ0n) is 15.3. The third-order valence-corrected chi connectivity index (χ3v) is 5.61. The quantitative estimate of drug-likeness (QED) is 0.749. The molecule has 1 heterocycles. The molecular formula is C17H27N3O4S. The number of hydrogen-bond donors (Lipinski definition) is 0. The standard InChI is InChI=1S/C17H27N3O4S/c1-5-16(17(21)19-11-9-18(2)10-12-19)20(25(4,22)23)14-7-6-8-15(13-14)24-3/h6-8,13,16H,5,9-12H2,1-4H3/t16-/m1/s1. The second-order valence-corrected chi connectivity index (χ2v) is 8.17. The number of amides is 1. The van der Waals surface area contributed by atoms with Crippen molar-refractivity contribution in [1.82, 2.24) is 9.80 Å². The van der Waals surface area contributed by atoms with Crippen molar-refractivity contribution in [2.75, 3.05) is 50.9 Å². The first kappa shape index (κ1) is 19.5. The van der Waals surface area contributed by atoms with Crippen LogP contribution < -0.4 is 9.04 Å². The van der Waals surface area contributed by atoms with Gasteiger partial charge in [-0.05, 0) is 25.6 Å². The second kappa shape index (κ2) is 8.05. The van der Waals surface area contributed by atoms with Gasteiger partial charge in [-0.15, -0.1) is 0 Å². The summed E-state index contributed by atoms with van der Waals surface area (Å²) in [4.78, 5) is 16.9. The Kier molecular flexibility index (Phi) is 6.29. The number of anilines is 1. The Hall–Kier alpha value is -1.80. The molecule has 0 N–H and O–H groups in total. The van der Waals surface area contributed by atoms with Crippen LogP contribution in [0.25, 0.3) is 0 Å². The normalized spacial score (nSPS) is 17.2. The molecule has 1 saturated heterocycles. The SMILES string of the molecule is CC[C@H](C(=O)N1CCN(C)CC1)N(c1cccc(OC)c1)S(C)(=O)=O. The second-order valence-electron chi connectivity index (χ2n) is 6.31. The Bertz CT molecular complexity index is 700. The van der Waals surface area contributed by atoms with Crippen LogP contribution in [0.5, 0.6) is 5.75 Å². The van der Waals surface area contributed by atoms with Gasteiger partial charge in [-0.1, -0.05) is 13.0 Å². The molecule has 0 radical (unpaired) electrons. The molecule has 0 bridgehead atoms. The van der Waals surface area contributed by atoms with E-state index in [1.165, 1.54) is 11.4 Å². The van der Waals surface area contributed by atoms with E-state index in [9.17, 15) is 13.2 Å². The van der Waals surface area contributed by atoms with E-state index in [1.54, 1.807) is 29.2 Å². The van der Waals surface area contributed by atoms with Gasteiger partial charge in [0.2, 0.25) is 15.9 Å². The number of piperazine rings is 1. The van der Waals surface area contributed by atoms with Gasteiger partial charge in [0, 0.05) is 32.2 Å². The van der Waals surface area contributed by atoms with Gasteiger partial charge in [0.05, 0.1) is 19.1 Å². The minimum absolute atomic E-state index is 0.149. The van der Waals surface area contributed by atoms with Crippen LogP contribution in [-0.4, -0.2) is 76.8 Å². The number of rotatable bonds is 6. The van der Waals surface area contributed by atoms with Crippen molar-refractivity contribution in [2.45, 2.75) is 19.4 Å². The van der Waals surface area contributed by atoms with Crippen LogP contribution in [-0.2, 0) is 14.8 Å². The molecule has 25 heavy (non-hydrogen) atoms. The lowest BCUT2D eigenvalue weighted by Crippen LogP contribution is -2.55. The van der Waals surface area contributed by atoms with E-state index in [0.29, 0.717) is 30.9 Å². The van der Waals surface area contributed by atoms with Crippen molar-refractivity contribution in [3.05, 3.63) is 24.3 Å². The number of benzene rings is 1. The average molecular weight is 369 g/mol. The molecule has 1 fully saturated rings. The molecule has 140 valence electrons. The molecule has 8 heteroatoms. The number of likely N-dealkylation sites (N-methyl/N-ethyl adjacent to an activating group) is 1. The number of nitrogens with zero attached hydrogens (tertiary/aromatic N) is 3. The molecule has 0 aromatic heterocycles. The summed E-state index contributed by atoms with van der Waals surface area (Å²) in [6.07, 6.45) is 1.53. The molecule has 1 atom stereocenters. The Balaban J connectivity index is 2.35. The monoisotopic (exact) mass is 369 g/mol. The molecule has 7 nitrogen and oxygen atoms in total. The van der Waals surface area contributed by atoms with Crippen LogP contribution >= 0.6 is 0 Å². The summed E-state index contributed by atoms with van der Waals surface area (Å²) in [6, 6.07) is 6.03. The Morgan fingerprint density at radius 2 is 1.92 bits per heavy atom. The molecule has 1 amide bonds. The van der Waals surface area contributed by atoms with Crippen LogP contribution in [0.2, 0.25) is 0 Å². The lowest BCUT2D eigenvalue weighted by atomic mass is 10.1. The number of methoxy groups -OCH3 is 1. The van der Waals surface area contributed by atoms with Crippen LogP contribution in [0.3, 0.4) is 0 Å². The third kappa shape index (κ3) is 4.64. The lowest BCUT2D eigenvalue weighted by molar-refractivity contribution is -0.134. The summed E-state index contributed by atoms with van der Waals surface area (Å²) in [5.74, 6) is 0.400. The zero-order valence-corrected chi connectivity index (χ0v) is 16.1. The summed E-state index contributed by atoms with van der Waals surface area (Å²) in [5.41, 5.74) is 0.441. The largest absolute Gasteiger partial charge is 0.497 e. The predicted molar refractivity (Wildman–Crippen MR) is 98.5 cm³/mol. The molecule has 2 rings (SSSR count). The Labute approximate surface area is 150 Å². The molecule has 1 aliphatic heterocycles. The van der Waals surface area contributed by atoms with Gasteiger partial charge in [0.1, 0.15) is 11.8 Å². The molecule has 0 saturated carbocycles. The fourth-order valence-corrected chi connectivity index (χ4v) is 4.23. The zero-order chi connectivity index (χ0) is 18.6. The van der Waals surface area contributed by atoms with Crippen LogP contribution in [0.1, 0.15) is 13.3 Å². The summed E-state index contributed by atoms with van der Waals surface area (Å²) < 4.78 is 31.4. The van der Waals surface area contributed by atoms with Crippen molar-refractivity contribution >= 4 is 21.6 Å². The van der Waals surface area contributed by atoms with Gasteiger partial charge in [-0.3, -0.25) is 9.10 Å². The number of sulfonamides is 1. The maximum Gasteiger partial charge on any atom is 0.246 e. The summed E-state index contributed by atoms with van der Waals surface area (Å²) in [5, 5.41) is 0. The number of ether oxygens (including phenoxy) is 1. The predicted octanol–water partition coefficient (Wildman–Crippen LogP) is 1.01. The first-order valence-corrected chi connectivity index (χ1v) is 10.2. The highest BCUT2D eigenvalue weighted by Gasteiger charge is 2.35. The van der Waals surface area contributed by atoms with E-state index in [0.717, 1.165) is 19.3 Å². The minimum atomic E-state index is -3.63. The molecular weight excluding hydrogens is 342 g/mol. The highest BCUT2D eigenvalue weighted by atomic mass is 32.2. The minimum Gasteiger partial charge on any atom is -0.497 e. The topological polar surface area (TPSA) is 70.2 Å². The fraction of sp³-hybridized carbons (Fsp3) is 0.588. The summed E-state index contributed by atoms with van der Waals surface area (Å²) in [6.45, 7) is 4.64. The maximum absolute atomic E-state index is 13.0. The van der Waals surface area contributed by atoms with Gasteiger partial charge in [-0.25, -0.2) is 8.42 Å². The van der Waals surface area contributed by atoms with Gasteiger partial charge in [-0.2, -0.15) is 0 Å². The van der Waals surface area contributed by atoms with Gasteiger partial charge in [0.25, 0.3) is 0 Å². The number of carbonyl (C=O) groups is 1. The summed E-state index contributed by atoms with van der Waals surface area (Å²) in [7, 11) is -0.0924. The molecule has 0 aliphatic carbocycles.